The second-order valence-corrected chi connectivity index (χ2v) is 6.99. The molecule has 0 spiro atoms. The van der Waals surface area contributed by atoms with E-state index in [9.17, 15) is 0 Å². The van der Waals surface area contributed by atoms with Crippen molar-refractivity contribution in [3.05, 3.63) is 22.4 Å². The lowest BCUT2D eigenvalue weighted by Gasteiger charge is -2.35. The Kier molecular flexibility index (Phi) is 4.60. The molecule has 8 nitrogen and oxygen atoms in total. The van der Waals surface area contributed by atoms with Crippen molar-refractivity contribution in [2.24, 2.45) is 7.05 Å². The largest absolute Gasteiger partial charge is 0.368 e. The van der Waals surface area contributed by atoms with Crippen molar-refractivity contribution in [2.75, 3.05) is 25.1 Å². The van der Waals surface area contributed by atoms with Crippen LogP contribution in [0.5, 0.6) is 0 Å². The molecule has 9 heteroatoms. The highest BCUT2D eigenvalue weighted by Gasteiger charge is 2.34. The molecule has 0 aromatic carbocycles. The van der Waals surface area contributed by atoms with Crippen molar-refractivity contribution in [3.63, 3.8) is 0 Å². The van der Waals surface area contributed by atoms with Gasteiger partial charge < -0.3 is 20.5 Å². The van der Waals surface area contributed by atoms with Gasteiger partial charge in [-0.1, -0.05) is 11.6 Å². The molecular weight excluding hydrogens is 328 g/mol. The number of hydrogen-bond acceptors (Lipinski definition) is 7. The topological polar surface area (TPSA) is 97.8 Å². The Morgan fingerprint density at radius 2 is 2.00 bits per heavy atom. The SMILES string of the molecule is Cc1nc(N)nc(NC2CC(c3nnc(CN(C)C)n3C)C2)c1Cl. The number of rotatable bonds is 5. The van der Waals surface area contributed by atoms with Gasteiger partial charge in [-0.15, -0.1) is 10.2 Å². The van der Waals surface area contributed by atoms with Crippen molar-refractivity contribution in [2.45, 2.75) is 38.3 Å². The lowest BCUT2D eigenvalue weighted by molar-refractivity contribution is 0.347. The second kappa shape index (κ2) is 6.52. The number of anilines is 2. The fourth-order valence-corrected chi connectivity index (χ4v) is 3.11. The van der Waals surface area contributed by atoms with Crippen LogP contribution in [0, 0.1) is 6.92 Å². The van der Waals surface area contributed by atoms with Crippen LogP contribution in [0.3, 0.4) is 0 Å². The van der Waals surface area contributed by atoms with Crippen LogP contribution in [-0.4, -0.2) is 49.8 Å². The average molecular weight is 351 g/mol. The molecule has 1 saturated carbocycles. The van der Waals surface area contributed by atoms with Crippen molar-refractivity contribution in [3.8, 4) is 0 Å². The summed E-state index contributed by atoms with van der Waals surface area (Å²) < 4.78 is 2.10. The number of aryl methyl sites for hydroxylation is 1. The van der Waals surface area contributed by atoms with Crippen molar-refractivity contribution in [1.82, 2.24) is 29.6 Å². The number of hydrogen-bond donors (Lipinski definition) is 2. The maximum Gasteiger partial charge on any atom is 0.222 e. The van der Waals surface area contributed by atoms with E-state index in [-0.39, 0.29) is 5.95 Å². The predicted molar refractivity (Wildman–Crippen MR) is 94.0 cm³/mol. The number of nitrogen functional groups attached to an aromatic ring is 1. The van der Waals surface area contributed by atoms with E-state index < -0.39 is 0 Å². The first-order valence-corrected chi connectivity index (χ1v) is 8.32. The average Bonchev–Trinajstić information content (AvgIpc) is 2.79. The van der Waals surface area contributed by atoms with Crippen LogP contribution < -0.4 is 11.1 Å². The summed E-state index contributed by atoms with van der Waals surface area (Å²) in [6.45, 7) is 2.61. The van der Waals surface area contributed by atoms with E-state index >= 15 is 0 Å². The van der Waals surface area contributed by atoms with Gasteiger partial charge in [0.05, 0.1) is 12.2 Å². The van der Waals surface area contributed by atoms with Crippen molar-refractivity contribution in [1.29, 1.82) is 0 Å². The molecule has 1 fully saturated rings. The highest BCUT2D eigenvalue weighted by atomic mass is 35.5. The zero-order chi connectivity index (χ0) is 17.4. The lowest BCUT2D eigenvalue weighted by atomic mass is 9.79. The van der Waals surface area contributed by atoms with Crippen molar-refractivity contribution < 1.29 is 0 Å². The van der Waals surface area contributed by atoms with Gasteiger partial charge in [0.15, 0.2) is 5.82 Å². The summed E-state index contributed by atoms with van der Waals surface area (Å²) in [5.41, 5.74) is 6.38. The maximum absolute atomic E-state index is 6.25. The smallest absolute Gasteiger partial charge is 0.222 e. The molecule has 2 aromatic rings. The zero-order valence-corrected chi connectivity index (χ0v) is 15.2. The van der Waals surface area contributed by atoms with Crippen LogP contribution in [0.4, 0.5) is 11.8 Å². The second-order valence-electron chi connectivity index (χ2n) is 6.61. The molecule has 0 aliphatic heterocycles. The van der Waals surface area contributed by atoms with Gasteiger partial charge in [-0.2, -0.15) is 4.98 Å². The van der Waals surface area contributed by atoms with Crippen LogP contribution in [-0.2, 0) is 13.6 Å². The van der Waals surface area contributed by atoms with Crippen molar-refractivity contribution >= 4 is 23.4 Å². The molecule has 2 aromatic heterocycles. The molecule has 2 heterocycles. The third kappa shape index (κ3) is 3.29. The molecule has 1 aliphatic carbocycles. The van der Waals surface area contributed by atoms with Crippen LogP contribution in [0.2, 0.25) is 5.02 Å². The van der Waals surface area contributed by atoms with Crippen LogP contribution in [0.25, 0.3) is 0 Å². The number of nitrogens with one attached hydrogen (secondary N) is 1. The van der Waals surface area contributed by atoms with E-state index in [2.05, 4.69) is 34.9 Å². The third-order valence-corrected chi connectivity index (χ3v) is 4.79. The van der Waals surface area contributed by atoms with E-state index in [1.807, 2.05) is 28.1 Å². The molecule has 0 radical (unpaired) electrons. The molecule has 0 atom stereocenters. The minimum Gasteiger partial charge on any atom is -0.368 e. The third-order valence-electron chi connectivity index (χ3n) is 4.33. The first-order chi connectivity index (χ1) is 11.3. The fraction of sp³-hybridized carbons (Fsp3) is 0.600. The summed E-state index contributed by atoms with van der Waals surface area (Å²) in [7, 11) is 6.08. The Morgan fingerprint density at radius 1 is 1.29 bits per heavy atom. The zero-order valence-electron chi connectivity index (χ0n) is 14.4. The molecule has 0 saturated heterocycles. The Hall–Kier alpha value is -1.93. The minimum absolute atomic E-state index is 0.233. The molecule has 1 aliphatic rings. The van der Waals surface area contributed by atoms with Crippen LogP contribution in [0.1, 0.15) is 36.1 Å². The summed E-state index contributed by atoms with van der Waals surface area (Å²) in [5, 5.41) is 12.5. The van der Waals surface area contributed by atoms with Crippen LogP contribution >= 0.6 is 11.6 Å². The monoisotopic (exact) mass is 350 g/mol. The maximum atomic E-state index is 6.25. The molecule has 130 valence electrons. The van der Waals surface area contributed by atoms with E-state index in [4.69, 9.17) is 17.3 Å². The minimum atomic E-state index is 0.233. The molecular formula is C15H23ClN8. The van der Waals surface area contributed by atoms with Gasteiger partial charge in [-0.3, -0.25) is 0 Å². The van der Waals surface area contributed by atoms with Gasteiger partial charge in [-0.25, -0.2) is 4.98 Å². The highest BCUT2D eigenvalue weighted by Crippen LogP contribution is 2.38. The summed E-state index contributed by atoms with van der Waals surface area (Å²) in [5.74, 6) is 3.26. The Bertz CT molecular complexity index is 735. The molecule has 24 heavy (non-hydrogen) atoms. The summed E-state index contributed by atoms with van der Waals surface area (Å²) >= 11 is 6.25. The van der Waals surface area contributed by atoms with Gasteiger partial charge in [0.1, 0.15) is 16.7 Å². The summed E-state index contributed by atoms with van der Waals surface area (Å²) in [6.07, 6.45) is 1.93. The molecule has 0 bridgehead atoms. The Morgan fingerprint density at radius 3 is 2.67 bits per heavy atom. The van der Waals surface area contributed by atoms with Gasteiger partial charge in [0, 0.05) is 19.0 Å². The van der Waals surface area contributed by atoms with E-state index in [1.165, 1.54) is 0 Å². The van der Waals surface area contributed by atoms with Gasteiger partial charge in [0.2, 0.25) is 5.95 Å². The highest BCUT2D eigenvalue weighted by molar-refractivity contribution is 6.33. The quantitative estimate of drug-likeness (QED) is 0.844. The van der Waals surface area contributed by atoms with Crippen LogP contribution in [0.15, 0.2) is 0 Å². The predicted octanol–water partition coefficient (Wildman–Crippen LogP) is 1.57. The normalized spacial score (nSPS) is 20.2. The summed E-state index contributed by atoms with van der Waals surface area (Å²) in [4.78, 5) is 10.3. The molecule has 0 amide bonds. The number of nitrogens with two attached hydrogens (primary N) is 1. The Balaban J connectivity index is 1.63. The van der Waals surface area contributed by atoms with E-state index in [0.29, 0.717) is 28.5 Å². The first kappa shape index (κ1) is 16.9. The lowest BCUT2D eigenvalue weighted by Crippen LogP contribution is -2.36. The first-order valence-electron chi connectivity index (χ1n) is 7.94. The molecule has 0 unspecified atom stereocenters. The van der Waals surface area contributed by atoms with Gasteiger partial charge in [0.25, 0.3) is 0 Å². The van der Waals surface area contributed by atoms with Gasteiger partial charge in [-0.05, 0) is 33.9 Å². The van der Waals surface area contributed by atoms with E-state index in [0.717, 1.165) is 31.0 Å². The number of halogens is 1. The summed E-state index contributed by atoms with van der Waals surface area (Å²) in [6, 6.07) is 0.301. The fourth-order valence-electron chi connectivity index (χ4n) is 2.97. The number of nitrogens with zero attached hydrogens (tertiary/aromatic N) is 6. The molecule has 3 N–H and O–H groups in total. The standard InChI is InChI=1S/C15H23ClN8/c1-8-12(16)13(20-15(17)18-8)19-10-5-9(6-10)14-22-21-11(24(14)4)7-23(2)3/h9-10H,5-7H2,1-4H3,(H3,17,18,19,20). The molecule has 3 rings (SSSR count). The number of aromatic nitrogens is 5. The van der Waals surface area contributed by atoms with Gasteiger partial charge >= 0.3 is 0 Å². The van der Waals surface area contributed by atoms with E-state index in [1.54, 1.807) is 0 Å². The Labute approximate surface area is 146 Å².